The van der Waals surface area contributed by atoms with E-state index in [4.69, 9.17) is 4.74 Å². The number of hydrogen-bond donors (Lipinski definition) is 2. The maximum absolute atomic E-state index is 12.2. The minimum atomic E-state index is -0.139. The Morgan fingerprint density at radius 3 is 2.50 bits per heavy atom. The van der Waals surface area contributed by atoms with Crippen molar-refractivity contribution in [3.05, 3.63) is 78.6 Å². The monoisotopic (exact) mass is 417 g/mol. The van der Waals surface area contributed by atoms with Gasteiger partial charge in [-0.1, -0.05) is 29.5 Å². The van der Waals surface area contributed by atoms with Crippen LogP contribution in [0.3, 0.4) is 0 Å². The topological polar surface area (TPSA) is 92.8 Å². The van der Waals surface area contributed by atoms with Gasteiger partial charge in [-0.2, -0.15) is 0 Å². The van der Waals surface area contributed by atoms with E-state index in [2.05, 4.69) is 25.5 Å². The number of nitrogens with one attached hydrogen (secondary N) is 2. The number of carbonyl (C=O) groups is 1. The van der Waals surface area contributed by atoms with Crippen molar-refractivity contribution in [3.8, 4) is 22.9 Å². The van der Waals surface area contributed by atoms with E-state index in [1.807, 2.05) is 55.5 Å². The largest absolute Gasteiger partial charge is 0.457 e. The first-order chi connectivity index (χ1) is 14.7. The fourth-order valence-corrected chi connectivity index (χ4v) is 3.22. The Kier molecular flexibility index (Phi) is 6.05. The molecule has 0 aliphatic heterocycles. The Labute approximate surface area is 177 Å². The van der Waals surface area contributed by atoms with Gasteiger partial charge in [-0.05, 0) is 55.5 Å². The molecule has 1 amide bonds. The molecule has 0 aliphatic carbocycles. The van der Waals surface area contributed by atoms with Crippen molar-refractivity contribution < 1.29 is 9.53 Å². The van der Waals surface area contributed by atoms with Gasteiger partial charge in [0.15, 0.2) is 5.82 Å². The van der Waals surface area contributed by atoms with E-state index in [-0.39, 0.29) is 11.7 Å². The standard InChI is InChI=1S/C22H19N5O2S/c1-15-4-8-18(9-5-15)29-19-10-6-17(7-11-19)24-20(28)14-30-22-25-21(26-27-22)16-3-2-12-23-13-16/h2-13H,14H2,1H3,(H,24,28)(H,25,26,27). The molecule has 8 heteroatoms. The lowest BCUT2D eigenvalue weighted by Crippen LogP contribution is -2.14. The summed E-state index contributed by atoms with van der Waals surface area (Å²) in [5, 5.41) is 10.4. The van der Waals surface area contributed by atoms with E-state index in [1.165, 1.54) is 17.3 Å². The SMILES string of the molecule is Cc1ccc(Oc2ccc(NC(=O)CSc3n[nH]c(-c4cccnc4)n3)cc2)cc1. The highest BCUT2D eigenvalue weighted by molar-refractivity contribution is 7.99. The molecule has 2 aromatic carbocycles. The second-order valence-corrected chi connectivity index (χ2v) is 7.43. The molecule has 0 unspecified atom stereocenters. The lowest BCUT2D eigenvalue weighted by atomic mass is 10.2. The quantitative estimate of drug-likeness (QED) is 0.424. The van der Waals surface area contributed by atoms with Gasteiger partial charge in [0.05, 0.1) is 5.75 Å². The Hall–Kier alpha value is -3.65. The van der Waals surface area contributed by atoms with Crippen LogP contribution >= 0.6 is 11.8 Å². The molecule has 30 heavy (non-hydrogen) atoms. The third-order valence-corrected chi connectivity index (χ3v) is 4.97. The van der Waals surface area contributed by atoms with E-state index in [0.29, 0.717) is 22.4 Å². The molecule has 2 heterocycles. The van der Waals surface area contributed by atoms with Gasteiger partial charge in [-0.15, -0.1) is 5.10 Å². The Morgan fingerprint density at radius 1 is 1.07 bits per heavy atom. The van der Waals surface area contributed by atoms with Gasteiger partial charge in [-0.3, -0.25) is 14.9 Å². The minimum absolute atomic E-state index is 0.139. The van der Waals surface area contributed by atoms with Crippen LogP contribution < -0.4 is 10.1 Å². The van der Waals surface area contributed by atoms with E-state index in [0.717, 1.165) is 11.3 Å². The second-order valence-electron chi connectivity index (χ2n) is 6.48. The first kappa shape index (κ1) is 19.7. The van der Waals surface area contributed by atoms with Crippen molar-refractivity contribution in [2.75, 3.05) is 11.1 Å². The summed E-state index contributed by atoms with van der Waals surface area (Å²) in [5.41, 5.74) is 2.72. The van der Waals surface area contributed by atoms with Crippen molar-refractivity contribution in [2.24, 2.45) is 0 Å². The third-order valence-electron chi connectivity index (χ3n) is 4.13. The number of nitrogens with zero attached hydrogens (tertiary/aromatic N) is 3. The summed E-state index contributed by atoms with van der Waals surface area (Å²) >= 11 is 1.26. The zero-order chi connectivity index (χ0) is 20.8. The lowest BCUT2D eigenvalue weighted by molar-refractivity contribution is -0.113. The number of thioether (sulfide) groups is 1. The zero-order valence-corrected chi connectivity index (χ0v) is 17.0. The van der Waals surface area contributed by atoms with Gasteiger partial charge >= 0.3 is 0 Å². The number of pyridine rings is 1. The Balaban J connectivity index is 1.28. The molecule has 0 atom stereocenters. The normalized spacial score (nSPS) is 10.6. The number of H-pyrrole nitrogens is 1. The van der Waals surface area contributed by atoms with Crippen molar-refractivity contribution >= 4 is 23.4 Å². The highest BCUT2D eigenvalue weighted by atomic mass is 32.2. The summed E-state index contributed by atoms with van der Waals surface area (Å²) < 4.78 is 5.80. The number of rotatable bonds is 7. The molecule has 4 aromatic rings. The first-order valence-electron chi connectivity index (χ1n) is 9.26. The molecule has 0 saturated heterocycles. The zero-order valence-electron chi connectivity index (χ0n) is 16.2. The molecule has 4 rings (SSSR count). The second kappa shape index (κ2) is 9.23. The fraction of sp³-hybridized carbons (Fsp3) is 0.0909. The highest BCUT2D eigenvalue weighted by Crippen LogP contribution is 2.24. The van der Waals surface area contributed by atoms with Gasteiger partial charge in [0.1, 0.15) is 11.5 Å². The maximum atomic E-state index is 12.2. The molecule has 0 saturated carbocycles. The average molecular weight is 417 g/mol. The number of anilines is 1. The summed E-state index contributed by atoms with van der Waals surface area (Å²) in [5.74, 6) is 2.15. The van der Waals surface area contributed by atoms with Gasteiger partial charge in [0, 0.05) is 23.6 Å². The Morgan fingerprint density at radius 2 is 1.80 bits per heavy atom. The predicted molar refractivity (Wildman–Crippen MR) is 117 cm³/mol. The van der Waals surface area contributed by atoms with Gasteiger partial charge in [0.25, 0.3) is 0 Å². The van der Waals surface area contributed by atoms with Crippen LogP contribution in [0.1, 0.15) is 5.56 Å². The van der Waals surface area contributed by atoms with Crippen LogP contribution in [0.2, 0.25) is 0 Å². The number of amides is 1. The van der Waals surface area contributed by atoms with Crippen molar-refractivity contribution in [1.82, 2.24) is 20.2 Å². The lowest BCUT2D eigenvalue weighted by Gasteiger charge is -2.08. The molecule has 0 radical (unpaired) electrons. The van der Waals surface area contributed by atoms with Crippen LogP contribution in [0.15, 0.2) is 78.2 Å². The van der Waals surface area contributed by atoms with Crippen LogP contribution in [0, 0.1) is 6.92 Å². The summed E-state index contributed by atoms with van der Waals surface area (Å²) in [4.78, 5) is 20.7. The minimum Gasteiger partial charge on any atom is -0.457 e. The summed E-state index contributed by atoms with van der Waals surface area (Å²) in [7, 11) is 0. The number of aryl methyl sites for hydroxylation is 1. The number of aromatic amines is 1. The molecule has 150 valence electrons. The summed E-state index contributed by atoms with van der Waals surface area (Å²) in [6.45, 7) is 2.03. The van der Waals surface area contributed by atoms with Gasteiger partial charge < -0.3 is 10.1 Å². The van der Waals surface area contributed by atoms with E-state index >= 15 is 0 Å². The molecule has 2 aromatic heterocycles. The van der Waals surface area contributed by atoms with Crippen LogP contribution in [0.4, 0.5) is 5.69 Å². The van der Waals surface area contributed by atoms with Gasteiger partial charge in [-0.25, -0.2) is 4.98 Å². The number of aromatic nitrogens is 4. The first-order valence-corrected chi connectivity index (χ1v) is 10.2. The van der Waals surface area contributed by atoms with Crippen molar-refractivity contribution in [1.29, 1.82) is 0 Å². The molecule has 0 bridgehead atoms. The molecular weight excluding hydrogens is 398 g/mol. The molecule has 2 N–H and O–H groups in total. The van der Waals surface area contributed by atoms with E-state index in [9.17, 15) is 4.79 Å². The summed E-state index contributed by atoms with van der Waals surface area (Å²) in [6.07, 6.45) is 3.40. The highest BCUT2D eigenvalue weighted by Gasteiger charge is 2.09. The number of hydrogen-bond acceptors (Lipinski definition) is 6. The van der Waals surface area contributed by atoms with E-state index in [1.54, 1.807) is 24.5 Å². The predicted octanol–water partition coefficient (Wildman–Crippen LogP) is 4.70. The number of carbonyl (C=O) groups excluding carboxylic acids is 1. The molecule has 0 aliphatic rings. The van der Waals surface area contributed by atoms with E-state index < -0.39 is 0 Å². The fourth-order valence-electron chi connectivity index (χ4n) is 2.62. The Bertz CT molecular complexity index is 1110. The molecule has 0 fully saturated rings. The summed E-state index contributed by atoms with van der Waals surface area (Å²) in [6, 6.07) is 18.8. The maximum Gasteiger partial charge on any atom is 0.234 e. The molecule has 7 nitrogen and oxygen atoms in total. The number of benzene rings is 2. The van der Waals surface area contributed by atoms with Crippen LogP contribution in [0.25, 0.3) is 11.4 Å². The molecule has 0 spiro atoms. The third kappa shape index (κ3) is 5.24. The van der Waals surface area contributed by atoms with Crippen LogP contribution in [-0.2, 0) is 4.79 Å². The smallest absolute Gasteiger partial charge is 0.234 e. The molecular formula is C22H19N5O2S. The van der Waals surface area contributed by atoms with Gasteiger partial charge in [0.2, 0.25) is 11.1 Å². The average Bonchev–Trinajstić information content (AvgIpc) is 3.25. The van der Waals surface area contributed by atoms with Crippen LogP contribution in [-0.4, -0.2) is 31.8 Å². The van der Waals surface area contributed by atoms with Crippen molar-refractivity contribution in [3.63, 3.8) is 0 Å². The van der Waals surface area contributed by atoms with Crippen molar-refractivity contribution in [2.45, 2.75) is 12.1 Å². The van der Waals surface area contributed by atoms with Crippen LogP contribution in [0.5, 0.6) is 11.5 Å². The number of ether oxygens (including phenoxy) is 1.